The summed E-state index contributed by atoms with van der Waals surface area (Å²) in [5, 5.41) is 21.6. The maximum absolute atomic E-state index is 17.5. The van der Waals surface area contributed by atoms with Gasteiger partial charge in [-0.2, -0.15) is 0 Å². The predicted molar refractivity (Wildman–Crippen MR) is 610 cm³/mol. The minimum Gasteiger partial charge on any atom is -0.454 e. The van der Waals surface area contributed by atoms with Gasteiger partial charge in [-0.15, -0.1) is 22.7 Å². The molecular weight excluding hydrogens is 1810 g/mol. The fourth-order valence-electron chi connectivity index (χ4n) is 21.2. The minimum atomic E-state index is -1.54. The number of benzene rings is 22. The van der Waals surface area contributed by atoms with Crippen molar-refractivity contribution < 1.29 is 17.6 Å². The van der Waals surface area contributed by atoms with Crippen LogP contribution in [0.3, 0.4) is 0 Å². The first-order valence-electron chi connectivity index (χ1n) is 48.4. The Morgan fingerprint density at radius 2 is 0.507 bits per heavy atom. The van der Waals surface area contributed by atoms with Crippen LogP contribution in [-0.2, 0) is 0 Å². The maximum atomic E-state index is 17.5. The van der Waals surface area contributed by atoms with Crippen LogP contribution in [0.1, 0.15) is 0 Å². The quantitative estimate of drug-likeness (QED) is 0.0630. The van der Waals surface area contributed by atoms with Crippen LogP contribution in [0, 0.1) is 11.6 Å². The van der Waals surface area contributed by atoms with E-state index in [9.17, 15) is 0 Å². The number of halogens is 2. The van der Waals surface area contributed by atoms with Gasteiger partial charge in [-0.05, 0) is 211 Å². The number of hydrogen-bond acceptors (Lipinski definition) is 8. The molecule has 22 aromatic carbocycles. The Hall–Kier alpha value is -16.6. The molecule has 0 aliphatic heterocycles. The van der Waals surface area contributed by atoms with Crippen LogP contribution in [0.2, 0.25) is 39.3 Å². The van der Waals surface area contributed by atoms with Crippen LogP contribution in [0.25, 0.3) is 172 Å². The average Bonchev–Trinajstić information content (AvgIpc) is 1.53. The Balaban J connectivity index is 0.000000149. The van der Waals surface area contributed by atoms with Gasteiger partial charge in [0.15, 0.2) is 11.2 Å². The Kier molecular flexibility index (Phi) is 21.7. The van der Waals surface area contributed by atoms with Crippen LogP contribution in [-0.4, -0.2) is 16.1 Å². The Bertz CT molecular complexity index is 9410. The van der Waals surface area contributed by atoms with E-state index >= 15 is 8.78 Å². The summed E-state index contributed by atoms with van der Waals surface area (Å²) in [6.07, 6.45) is 0. The highest BCUT2D eigenvalue weighted by Gasteiger charge is 2.31. The highest BCUT2D eigenvalue weighted by molar-refractivity contribution is 7.27. The lowest BCUT2D eigenvalue weighted by atomic mass is 9.94. The molecule has 0 aliphatic rings. The van der Waals surface area contributed by atoms with Crippen LogP contribution >= 0.6 is 22.7 Å². The second-order valence-electron chi connectivity index (χ2n) is 38.8. The third-order valence-electron chi connectivity index (χ3n) is 28.1. The van der Waals surface area contributed by atoms with Crippen molar-refractivity contribution >= 4 is 245 Å². The summed E-state index contributed by atoms with van der Waals surface area (Å²) in [4.78, 5) is 8.90. The molecule has 0 atom stereocenters. The standard InChI is InChI=1S/C68H44F2N2S.C62H50N2O2SSi2/c69-62-41-49(45-21-7-1-8-22-45)39-59(47-25-11-3-12-26-47)66(62)71(51-29-15-5-16-30-51)53-35-37-57-61(43-53)55-33-19-20-34-56(55)65-58-38-36-54(44-64(58)73-68(57)65)72(52-31-17-6-18-32-52)67-60(48-27-13-4-14-28-48)40-50(42-63(67)70)46-23-9-2-10-24-46;1-68(2,3)43-31-25-39(26-32-43)63(54-21-13-19-49-46-16-9-11-23-56(46)65-60(49)54)41-29-35-51-53(37-41)45-15-7-8-18-48(45)59-52-36-30-42(38-58(52)67-62(51)59)64(40-27-33-44(34-28-40)69(4,5)6)55-22-14-20-50-47-17-10-12-24-57(47)66-61(50)55/h1-44H;7-38H,1-6H3. The highest BCUT2D eigenvalue weighted by atomic mass is 32.1. The molecule has 680 valence electrons. The van der Waals surface area contributed by atoms with Gasteiger partial charge in [-0.25, -0.2) is 8.78 Å². The molecule has 0 aliphatic carbocycles. The zero-order valence-electron chi connectivity index (χ0n) is 79.1. The first-order chi connectivity index (χ1) is 69.5. The van der Waals surface area contributed by atoms with Crippen LogP contribution in [0.4, 0.5) is 77.0 Å². The Labute approximate surface area is 832 Å². The zero-order chi connectivity index (χ0) is 95.6. The lowest BCUT2D eigenvalue weighted by molar-refractivity contribution is 0.629. The maximum Gasteiger partial charge on any atom is 0.159 e. The van der Waals surface area contributed by atoms with E-state index in [1.807, 2.05) is 205 Å². The van der Waals surface area contributed by atoms with Crippen molar-refractivity contribution in [2.45, 2.75) is 39.3 Å². The molecule has 4 heterocycles. The molecule has 4 aromatic heterocycles. The summed E-state index contributed by atoms with van der Waals surface area (Å²) in [5.41, 5.74) is 21.2. The molecule has 0 radical (unpaired) electrons. The molecule has 6 nitrogen and oxygen atoms in total. The van der Waals surface area contributed by atoms with Gasteiger partial charge in [0.05, 0.1) is 38.9 Å². The van der Waals surface area contributed by atoms with E-state index < -0.39 is 16.1 Å². The lowest BCUT2D eigenvalue weighted by Crippen LogP contribution is -2.37. The number of nitrogens with zero attached hydrogens (tertiary/aromatic N) is 4. The second-order valence-corrected chi connectivity index (χ2v) is 51.1. The number of rotatable bonds is 18. The van der Waals surface area contributed by atoms with Crippen molar-refractivity contribution in [2.75, 3.05) is 19.6 Å². The fraction of sp³-hybridized carbons (Fsp3) is 0.0462. The number of para-hydroxylation sites is 6. The van der Waals surface area contributed by atoms with Gasteiger partial charge in [0, 0.05) is 129 Å². The summed E-state index contributed by atoms with van der Waals surface area (Å²) in [5.74, 6) is -0.641. The van der Waals surface area contributed by atoms with Crippen molar-refractivity contribution in [1.82, 2.24) is 0 Å². The fourth-order valence-corrected chi connectivity index (χ4v) is 26.1. The lowest BCUT2D eigenvalue weighted by Gasteiger charge is -2.29. The second kappa shape index (κ2) is 35.4. The third kappa shape index (κ3) is 15.3. The van der Waals surface area contributed by atoms with E-state index in [4.69, 9.17) is 8.83 Å². The highest BCUT2D eigenvalue weighted by Crippen LogP contribution is 2.55. The average molecular weight is 1900 g/mol. The van der Waals surface area contributed by atoms with Crippen molar-refractivity contribution in [3.05, 3.63) is 473 Å². The molecule has 26 rings (SSSR count). The summed E-state index contributed by atoms with van der Waals surface area (Å²) >= 11 is 3.63. The summed E-state index contributed by atoms with van der Waals surface area (Å²) in [7, 11) is -3.06. The monoisotopic (exact) mass is 1900 g/mol. The zero-order valence-corrected chi connectivity index (χ0v) is 82.7. The molecule has 0 amide bonds. The minimum absolute atomic E-state index is 0.319. The summed E-state index contributed by atoms with van der Waals surface area (Å²) in [6, 6.07) is 161. The number of thiophene rings is 2. The Morgan fingerprint density at radius 1 is 0.211 bits per heavy atom. The summed E-state index contributed by atoms with van der Waals surface area (Å²) in [6.45, 7) is 14.4. The van der Waals surface area contributed by atoms with Gasteiger partial charge >= 0.3 is 0 Å². The van der Waals surface area contributed by atoms with Crippen molar-refractivity contribution in [1.29, 1.82) is 0 Å². The van der Waals surface area contributed by atoms with E-state index in [2.05, 4.69) is 314 Å². The number of fused-ring (bicyclic) bond motifs is 22. The van der Waals surface area contributed by atoms with Gasteiger partial charge in [0.2, 0.25) is 0 Å². The normalized spacial score (nSPS) is 11.9. The first kappa shape index (κ1) is 87.0. The van der Waals surface area contributed by atoms with Gasteiger partial charge < -0.3 is 28.4 Å². The van der Waals surface area contributed by atoms with Gasteiger partial charge in [-0.1, -0.05) is 365 Å². The van der Waals surface area contributed by atoms with E-state index in [1.54, 1.807) is 23.5 Å². The number of anilines is 12. The van der Waals surface area contributed by atoms with Gasteiger partial charge in [-0.3, -0.25) is 0 Å². The largest absolute Gasteiger partial charge is 0.454 e. The Morgan fingerprint density at radius 3 is 0.887 bits per heavy atom. The van der Waals surface area contributed by atoms with E-state index in [0.29, 0.717) is 11.4 Å². The molecule has 12 heteroatoms. The molecule has 0 spiro atoms. The van der Waals surface area contributed by atoms with E-state index in [-0.39, 0.29) is 11.6 Å². The number of hydrogen-bond donors (Lipinski definition) is 0. The SMILES string of the molecule is C[Si](C)(C)c1ccc(N(c2ccc3c(c2)sc2c4ccc(N(c5ccc([Si](C)(C)C)cc5)c5cccc6c5oc5ccccc56)cc4c4ccccc4c32)c2cccc3c2oc2ccccc23)cc1.Fc1cc(-c2ccccc2)cc(-c2ccccc2)c1N(c1ccccc1)c1ccc2c(c1)sc1c3ccc(N(c4ccccc4)c4c(F)cc(-c5ccccc5)cc4-c4ccccc4)cc3c3ccccc3c21. The van der Waals surface area contributed by atoms with E-state index in [1.165, 1.54) is 57.5 Å². The van der Waals surface area contributed by atoms with Crippen molar-refractivity contribution in [3.63, 3.8) is 0 Å². The molecule has 0 fully saturated rings. The molecular formula is C130H94F2N4O2S2Si2. The molecule has 0 saturated heterocycles. The molecule has 26 aromatic rings. The van der Waals surface area contributed by atoms with Gasteiger partial charge in [0.25, 0.3) is 0 Å². The molecule has 0 bridgehead atoms. The molecule has 0 N–H and O–H groups in total. The summed E-state index contributed by atoms with van der Waals surface area (Å²) < 4.78 is 53.1. The predicted octanol–water partition coefficient (Wildman–Crippen LogP) is 38.4. The van der Waals surface area contributed by atoms with Crippen molar-refractivity contribution in [2.24, 2.45) is 0 Å². The third-order valence-corrected chi connectivity index (χ3v) is 34.6. The molecule has 142 heavy (non-hydrogen) atoms. The number of furan rings is 2. The van der Waals surface area contributed by atoms with E-state index in [0.717, 1.165) is 182 Å². The topological polar surface area (TPSA) is 39.2 Å². The van der Waals surface area contributed by atoms with Crippen molar-refractivity contribution in [3.8, 4) is 44.5 Å². The molecule has 0 unspecified atom stereocenters. The molecule has 0 saturated carbocycles. The van der Waals surface area contributed by atoms with Gasteiger partial charge in [0.1, 0.15) is 22.8 Å². The van der Waals surface area contributed by atoms with Crippen LogP contribution < -0.4 is 30.0 Å². The van der Waals surface area contributed by atoms with Crippen LogP contribution in [0.15, 0.2) is 470 Å². The first-order valence-corrected chi connectivity index (χ1v) is 57.0. The smallest absolute Gasteiger partial charge is 0.159 e. The van der Waals surface area contributed by atoms with Crippen LogP contribution in [0.5, 0.6) is 0 Å².